The molecule has 3 nitrogen and oxygen atoms in total. The van der Waals surface area contributed by atoms with E-state index in [0.717, 1.165) is 12.1 Å². The molecule has 0 spiro atoms. The van der Waals surface area contributed by atoms with Crippen LogP contribution in [0.25, 0.3) is 0 Å². The zero-order chi connectivity index (χ0) is 9.97. The van der Waals surface area contributed by atoms with Crippen molar-refractivity contribution < 1.29 is 4.79 Å². The Bertz CT molecular complexity index is 323. The highest BCUT2D eigenvalue weighted by atomic mass is 16.2. The number of hydrogen-bond donors (Lipinski definition) is 1. The minimum atomic E-state index is 0.118. The van der Waals surface area contributed by atoms with Crippen molar-refractivity contribution in [2.45, 2.75) is 18.9 Å². The van der Waals surface area contributed by atoms with Crippen LogP contribution in [0.1, 0.15) is 12.8 Å². The van der Waals surface area contributed by atoms with Crippen molar-refractivity contribution >= 4 is 11.6 Å². The maximum atomic E-state index is 11.6. The van der Waals surface area contributed by atoms with Crippen LogP contribution in [0.4, 0.5) is 5.69 Å². The highest BCUT2D eigenvalue weighted by molar-refractivity contribution is 5.94. The number of para-hydroxylation sites is 1. The van der Waals surface area contributed by atoms with Gasteiger partial charge in [0.05, 0.1) is 0 Å². The van der Waals surface area contributed by atoms with Crippen LogP contribution >= 0.6 is 0 Å². The summed E-state index contributed by atoms with van der Waals surface area (Å²) in [6.07, 6.45) is 1.37. The van der Waals surface area contributed by atoms with E-state index >= 15 is 0 Å². The lowest BCUT2D eigenvalue weighted by molar-refractivity contribution is -0.119. The number of rotatable bonds is 1. The Morgan fingerprint density at radius 3 is 2.71 bits per heavy atom. The monoisotopic (exact) mass is 190 g/mol. The Hall–Kier alpha value is -1.35. The molecule has 0 saturated carbocycles. The van der Waals surface area contributed by atoms with E-state index in [1.165, 1.54) is 0 Å². The van der Waals surface area contributed by atoms with Crippen molar-refractivity contribution in [3.8, 4) is 0 Å². The third-order valence-corrected chi connectivity index (χ3v) is 2.51. The SMILES string of the molecule is NC1CCC(=O)N(c2ccccc2)C1. The lowest BCUT2D eigenvalue weighted by Crippen LogP contribution is -2.46. The van der Waals surface area contributed by atoms with Gasteiger partial charge >= 0.3 is 0 Å². The van der Waals surface area contributed by atoms with E-state index in [9.17, 15) is 4.79 Å². The van der Waals surface area contributed by atoms with Crippen molar-refractivity contribution in [1.82, 2.24) is 0 Å². The number of hydrogen-bond acceptors (Lipinski definition) is 2. The van der Waals surface area contributed by atoms with E-state index in [1.54, 1.807) is 4.90 Å². The van der Waals surface area contributed by atoms with Crippen molar-refractivity contribution in [3.05, 3.63) is 30.3 Å². The molecule has 14 heavy (non-hydrogen) atoms. The first-order chi connectivity index (χ1) is 6.77. The van der Waals surface area contributed by atoms with Crippen LogP contribution in [0.5, 0.6) is 0 Å². The number of amides is 1. The summed E-state index contributed by atoms with van der Waals surface area (Å²) >= 11 is 0. The van der Waals surface area contributed by atoms with Crippen LogP contribution in [0.3, 0.4) is 0 Å². The summed E-state index contributed by atoms with van der Waals surface area (Å²) in [6.45, 7) is 0.642. The molecule has 1 heterocycles. The second kappa shape index (κ2) is 3.80. The van der Waals surface area contributed by atoms with Crippen LogP contribution in [-0.4, -0.2) is 18.5 Å². The number of anilines is 1. The Kier molecular flexibility index (Phi) is 2.50. The van der Waals surface area contributed by atoms with Gasteiger partial charge in [0.25, 0.3) is 0 Å². The molecule has 2 rings (SSSR count). The predicted molar refractivity (Wildman–Crippen MR) is 56.0 cm³/mol. The Labute approximate surface area is 83.5 Å². The van der Waals surface area contributed by atoms with Crippen LogP contribution in [0.2, 0.25) is 0 Å². The van der Waals surface area contributed by atoms with Gasteiger partial charge < -0.3 is 10.6 Å². The molecule has 1 aromatic rings. The molecule has 1 aliphatic rings. The van der Waals surface area contributed by atoms with Crippen LogP contribution in [0.15, 0.2) is 30.3 Å². The second-order valence-electron chi connectivity index (χ2n) is 3.64. The molecular weight excluding hydrogens is 176 g/mol. The third kappa shape index (κ3) is 1.77. The van der Waals surface area contributed by atoms with Gasteiger partial charge in [0.15, 0.2) is 0 Å². The second-order valence-corrected chi connectivity index (χ2v) is 3.64. The number of carbonyl (C=O) groups is 1. The molecule has 3 heteroatoms. The number of nitrogens with two attached hydrogens (primary N) is 1. The molecule has 0 aliphatic carbocycles. The normalized spacial score (nSPS) is 22.5. The lowest BCUT2D eigenvalue weighted by Gasteiger charge is -2.30. The minimum absolute atomic E-state index is 0.118. The van der Waals surface area contributed by atoms with Gasteiger partial charge in [0.1, 0.15) is 0 Å². The smallest absolute Gasteiger partial charge is 0.227 e. The zero-order valence-electron chi connectivity index (χ0n) is 8.02. The van der Waals surface area contributed by atoms with Crippen molar-refractivity contribution in [2.75, 3.05) is 11.4 Å². The largest absolute Gasteiger partial charge is 0.326 e. The van der Waals surface area contributed by atoms with E-state index in [4.69, 9.17) is 5.73 Å². The Balaban J connectivity index is 2.20. The molecule has 0 aromatic heterocycles. The van der Waals surface area contributed by atoms with Crippen molar-refractivity contribution in [1.29, 1.82) is 0 Å². The van der Waals surface area contributed by atoms with Gasteiger partial charge in [0, 0.05) is 24.7 Å². The fraction of sp³-hybridized carbons (Fsp3) is 0.364. The van der Waals surface area contributed by atoms with E-state index in [0.29, 0.717) is 13.0 Å². The van der Waals surface area contributed by atoms with Gasteiger partial charge in [-0.2, -0.15) is 0 Å². The quantitative estimate of drug-likeness (QED) is 0.721. The highest BCUT2D eigenvalue weighted by Gasteiger charge is 2.23. The summed E-state index contributed by atoms with van der Waals surface area (Å²) < 4.78 is 0. The molecule has 1 aliphatic heterocycles. The standard InChI is InChI=1S/C11H14N2O/c12-9-6-7-11(14)13(8-9)10-4-2-1-3-5-10/h1-5,9H,6-8,12H2. The summed E-state index contributed by atoms with van der Waals surface area (Å²) in [6, 6.07) is 9.81. The highest BCUT2D eigenvalue weighted by Crippen LogP contribution is 2.19. The summed E-state index contributed by atoms with van der Waals surface area (Å²) in [7, 11) is 0. The molecular formula is C11H14N2O. The lowest BCUT2D eigenvalue weighted by atomic mass is 10.1. The molecule has 0 bridgehead atoms. The average molecular weight is 190 g/mol. The summed E-state index contributed by atoms with van der Waals surface area (Å²) in [4.78, 5) is 13.4. The molecule has 1 fully saturated rings. The molecule has 1 aromatic carbocycles. The van der Waals surface area contributed by atoms with Crippen LogP contribution < -0.4 is 10.6 Å². The predicted octanol–water partition coefficient (Wildman–Crippen LogP) is 1.14. The molecule has 1 amide bonds. The van der Waals surface area contributed by atoms with Gasteiger partial charge in [-0.3, -0.25) is 4.79 Å². The number of benzene rings is 1. The summed E-state index contributed by atoms with van der Waals surface area (Å²) in [5, 5.41) is 0. The van der Waals surface area contributed by atoms with E-state index in [-0.39, 0.29) is 11.9 Å². The number of carbonyl (C=O) groups excluding carboxylic acids is 1. The molecule has 2 N–H and O–H groups in total. The van der Waals surface area contributed by atoms with Gasteiger partial charge in [-0.1, -0.05) is 18.2 Å². The molecule has 1 unspecified atom stereocenters. The van der Waals surface area contributed by atoms with Crippen LogP contribution in [0, 0.1) is 0 Å². The topological polar surface area (TPSA) is 46.3 Å². The zero-order valence-corrected chi connectivity index (χ0v) is 8.02. The maximum absolute atomic E-state index is 11.6. The fourth-order valence-corrected chi connectivity index (χ4v) is 1.73. The van der Waals surface area contributed by atoms with Crippen molar-refractivity contribution in [2.24, 2.45) is 5.73 Å². The van der Waals surface area contributed by atoms with E-state index in [2.05, 4.69) is 0 Å². The first kappa shape index (κ1) is 9.21. The number of piperidine rings is 1. The molecule has 0 radical (unpaired) electrons. The third-order valence-electron chi connectivity index (χ3n) is 2.51. The average Bonchev–Trinajstić information content (AvgIpc) is 2.23. The number of nitrogens with zero attached hydrogens (tertiary/aromatic N) is 1. The molecule has 74 valence electrons. The van der Waals surface area contributed by atoms with E-state index < -0.39 is 0 Å². The molecule has 1 atom stereocenters. The summed E-state index contributed by atoms with van der Waals surface area (Å²) in [5.74, 6) is 0.179. The Morgan fingerprint density at radius 2 is 2.00 bits per heavy atom. The molecule has 1 saturated heterocycles. The fourth-order valence-electron chi connectivity index (χ4n) is 1.73. The first-order valence-corrected chi connectivity index (χ1v) is 4.88. The van der Waals surface area contributed by atoms with Gasteiger partial charge in [-0.25, -0.2) is 0 Å². The minimum Gasteiger partial charge on any atom is -0.326 e. The van der Waals surface area contributed by atoms with Gasteiger partial charge in [-0.15, -0.1) is 0 Å². The Morgan fingerprint density at radius 1 is 1.29 bits per heavy atom. The van der Waals surface area contributed by atoms with Crippen molar-refractivity contribution in [3.63, 3.8) is 0 Å². The van der Waals surface area contributed by atoms with Gasteiger partial charge in [0.2, 0.25) is 5.91 Å². The van der Waals surface area contributed by atoms with Gasteiger partial charge in [-0.05, 0) is 18.6 Å². The summed E-state index contributed by atoms with van der Waals surface area (Å²) in [5.41, 5.74) is 6.78. The van der Waals surface area contributed by atoms with E-state index in [1.807, 2.05) is 30.3 Å². The first-order valence-electron chi connectivity index (χ1n) is 4.88. The van der Waals surface area contributed by atoms with Crippen LogP contribution in [-0.2, 0) is 4.79 Å². The maximum Gasteiger partial charge on any atom is 0.227 e.